The van der Waals surface area contributed by atoms with Gasteiger partial charge in [-0.15, -0.1) is 24.8 Å². The molecule has 8 rings (SSSR count). The van der Waals surface area contributed by atoms with Gasteiger partial charge in [-0.25, -0.2) is 0 Å². The van der Waals surface area contributed by atoms with E-state index in [0.29, 0.717) is 0 Å². The van der Waals surface area contributed by atoms with Crippen molar-refractivity contribution in [3.8, 4) is 0 Å². The topological polar surface area (TPSA) is 0 Å². The standard InChI is InChI=1S/C21H21.2C7H13.C5H5.CH2.2ClH.Zr/c1-2-8-15-14(7-1)13-20-18-11-4-3-9-16(18)17-10-5-6-12-19(17)21(15)20;2*1-2-7-5-3-4-6-7;1-2-4-5-3-1;;;;/h1-2,6-8,11-12,16-17H,3-5,9-10,13H2;2*2,7H,3-6H2,1H3;1-3H,4H2;1H2;2*1H;. The molecule has 1 aromatic carbocycles. The van der Waals surface area contributed by atoms with Crippen LogP contribution in [0, 0.1) is 23.7 Å². The minimum atomic E-state index is -4.06. The van der Waals surface area contributed by atoms with Crippen molar-refractivity contribution in [2.75, 3.05) is 0 Å². The molecule has 0 aliphatic heterocycles. The summed E-state index contributed by atoms with van der Waals surface area (Å²) in [7, 11) is 0. The summed E-state index contributed by atoms with van der Waals surface area (Å²) in [4.78, 5) is 0. The molecule has 5 atom stereocenters. The number of allylic oxidation sites excluding steroid dienone is 10. The maximum atomic E-state index is 6.09. The Balaban J connectivity index is 0.00000171. The van der Waals surface area contributed by atoms with E-state index >= 15 is 0 Å². The Bertz CT molecular complexity index is 1460. The summed E-state index contributed by atoms with van der Waals surface area (Å²) in [6.45, 7) is 5.62. The molecule has 238 valence electrons. The van der Waals surface area contributed by atoms with Gasteiger partial charge >= 0.3 is 259 Å². The summed E-state index contributed by atoms with van der Waals surface area (Å²) in [6, 6.07) is 9.51. The van der Waals surface area contributed by atoms with Gasteiger partial charge in [0.25, 0.3) is 0 Å². The summed E-state index contributed by atoms with van der Waals surface area (Å²) in [6.07, 6.45) is 33.7. The fraction of sp³-hybridized carbons (Fsp3) is 0.585. The zero-order valence-corrected chi connectivity index (χ0v) is 31.5. The van der Waals surface area contributed by atoms with Gasteiger partial charge in [-0.05, 0) is 0 Å². The molecular formula is C41H56Cl2Zr. The Morgan fingerprint density at radius 2 is 1.45 bits per heavy atom. The number of hydrogen-bond donors (Lipinski definition) is 0. The van der Waals surface area contributed by atoms with Gasteiger partial charge < -0.3 is 0 Å². The molecule has 3 heteroatoms. The van der Waals surface area contributed by atoms with Crippen molar-refractivity contribution < 1.29 is 18.3 Å². The van der Waals surface area contributed by atoms with E-state index in [9.17, 15) is 0 Å². The van der Waals surface area contributed by atoms with Crippen LogP contribution in [-0.4, -0.2) is 4.21 Å². The normalized spacial score (nSPS) is 29.8. The molecule has 1 aromatic rings. The van der Waals surface area contributed by atoms with Gasteiger partial charge in [-0.2, -0.15) is 0 Å². The fourth-order valence-electron chi connectivity index (χ4n) is 12.8. The first kappa shape index (κ1) is 33.2. The van der Waals surface area contributed by atoms with Crippen LogP contribution in [0.3, 0.4) is 0 Å². The van der Waals surface area contributed by atoms with Gasteiger partial charge in [0.1, 0.15) is 0 Å². The number of rotatable bonds is 6. The molecule has 0 radical (unpaired) electrons. The number of fused-ring (bicyclic) bond motifs is 6. The molecule has 7 aliphatic rings. The van der Waals surface area contributed by atoms with Gasteiger partial charge in [0, 0.05) is 0 Å². The zero-order valence-electron chi connectivity index (χ0n) is 27.4. The van der Waals surface area contributed by atoms with Crippen molar-refractivity contribution in [2.24, 2.45) is 23.7 Å². The van der Waals surface area contributed by atoms with Crippen LogP contribution in [0.2, 0.25) is 10.9 Å². The third-order valence-corrected chi connectivity index (χ3v) is 38.1. The fourth-order valence-corrected chi connectivity index (χ4v) is 36.8. The van der Waals surface area contributed by atoms with Gasteiger partial charge in [0.2, 0.25) is 0 Å². The number of hydrogen-bond acceptors (Lipinski definition) is 0. The summed E-state index contributed by atoms with van der Waals surface area (Å²) < 4.78 is 10.4. The maximum absolute atomic E-state index is 6.09. The Hall–Kier alpha value is -0.747. The second-order valence-corrected chi connectivity index (χ2v) is 32.2. The SMILES string of the molecule is Cl.Cl.[CH2]=[Zr]([C]1=CC=CC1)([CH]1CCCC2C1=C1Cc3ccccc3C1=C1C=CCCC12)([CH](C)C1CCCC1)[CH](C)C1CCCC1. The van der Waals surface area contributed by atoms with E-state index < -0.39 is 18.3 Å². The first-order valence-corrected chi connectivity index (χ1v) is 25.4. The predicted octanol–water partition coefficient (Wildman–Crippen LogP) is 12.7. The van der Waals surface area contributed by atoms with E-state index in [1.165, 1.54) is 96.3 Å². The van der Waals surface area contributed by atoms with Crippen LogP contribution in [0.15, 0.2) is 74.6 Å². The molecule has 0 spiro atoms. The number of halogens is 2. The molecule has 0 amide bonds. The van der Waals surface area contributed by atoms with Crippen LogP contribution in [-0.2, 0) is 24.7 Å². The van der Waals surface area contributed by atoms with Gasteiger partial charge in [0.05, 0.1) is 0 Å². The molecule has 0 N–H and O–H groups in total. The Labute approximate surface area is 281 Å². The minimum absolute atomic E-state index is 0. The van der Waals surface area contributed by atoms with Crippen LogP contribution < -0.4 is 0 Å². The molecule has 5 unspecified atom stereocenters. The average molecular weight is 711 g/mol. The molecule has 0 bridgehead atoms. The van der Waals surface area contributed by atoms with Crippen LogP contribution in [0.1, 0.15) is 115 Å². The molecule has 44 heavy (non-hydrogen) atoms. The van der Waals surface area contributed by atoms with Crippen molar-refractivity contribution in [2.45, 2.75) is 121 Å². The first-order chi connectivity index (χ1) is 20.5. The van der Waals surface area contributed by atoms with Crippen LogP contribution in [0.25, 0.3) is 5.57 Å². The Kier molecular flexibility index (Phi) is 9.57. The van der Waals surface area contributed by atoms with Crippen molar-refractivity contribution in [1.29, 1.82) is 0 Å². The monoisotopic (exact) mass is 708 g/mol. The van der Waals surface area contributed by atoms with E-state index in [0.717, 1.165) is 34.5 Å². The van der Waals surface area contributed by atoms with E-state index in [1.54, 1.807) is 27.8 Å². The second kappa shape index (κ2) is 12.7. The van der Waals surface area contributed by atoms with E-state index in [-0.39, 0.29) is 24.8 Å². The molecular weight excluding hydrogens is 655 g/mol. The van der Waals surface area contributed by atoms with Gasteiger partial charge in [0.15, 0.2) is 0 Å². The van der Waals surface area contributed by atoms with Crippen LogP contribution >= 0.6 is 24.8 Å². The third-order valence-electron chi connectivity index (χ3n) is 14.9. The molecule has 3 fully saturated rings. The molecule has 0 saturated heterocycles. The summed E-state index contributed by atoms with van der Waals surface area (Å²) >= 11 is -4.06. The van der Waals surface area contributed by atoms with Crippen LogP contribution in [0.4, 0.5) is 0 Å². The second-order valence-electron chi connectivity index (χ2n) is 16.0. The van der Waals surface area contributed by atoms with Crippen LogP contribution in [0.5, 0.6) is 0 Å². The van der Waals surface area contributed by atoms with E-state index in [2.05, 4.69) is 68.5 Å². The Morgan fingerprint density at radius 3 is 2.11 bits per heavy atom. The molecule has 3 saturated carbocycles. The average Bonchev–Trinajstić information content (AvgIpc) is 3.87. The van der Waals surface area contributed by atoms with E-state index in [4.69, 9.17) is 4.21 Å². The first-order valence-electron chi connectivity index (χ1n) is 18.1. The number of benzene rings is 1. The Morgan fingerprint density at radius 1 is 0.773 bits per heavy atom. The van der Waals surface area contributed by atoms with Gasteiger partial charge in [-0.1, -0.05) is 0 Å². The molecule has 0 nitrogen and oxygen atoms in total. The van der Waals surface area contributed by atoms with Gasteiger partial charge in [-0.3, -0.25) is 0 Å². The van der Waals surface area contributed by atoms with E-state index in [1.807, 2.05) is 8.85 Å². The zero-order chi connectivity index (χ0) is 28.5. The predicted molar refractivity (Wildman–Crippen MR) is 193 cm³/mol. The summed E-state index contributed by atoms with van der Waals surface area (Å²) in [5.41, 5.74) is 10.4. The quantitative estimate of drug-likeness (QED) is 0.276. The molecule has 0 aromatic heterocycles. The van der Waals surface area contributed by atoms with Crippen molar-refractivity contribution in [3.63, 3.8) is 0 Å². The summed E-state index contributed by atoms with van der Waals surface area (Å²) in [5, 5.41) is 0. The molecule has 0 heterocycles. The van der Waals surface area contributed by atoms with Crippen molar-refractivity contribution in [1.82, 2.24) is 0 Å². The van der Waals surface area contributed by atoms with Crippen molar-refractivity contribution in [3.05, 3.63) is 85.8 Å². The molecule has 7 aliphatic carbocycles. The third kappa shape index (κ3) is 4.62. The van der Waals surface area contributed by atoms with Crippen molar-refractivity contribution >= 4 is 34.6 Å². The summed E-state index contributed by atoms with van der Waals surface area (Å²) in [5.74, 6) is 3.28.